The van der Waals surface area contributed by atoms with Crippen LogP contribution in [0.15, 0.2) is 41.6 Å². The summed E-state index contributed by atoms with van der Waals surface area (Å²) in [5.41, 5.74) is 2.79. The van der Waals surface area contributed by atoms with Gasteiger partial charge in [0.05, 0.1) is 6.04 Å². The van der Waals surface area contributed by atoms with E-state index in [1.165, 1.54) is 12.0 Å². The lowest BCUT2D eigenvalue weighted by molar-refractivity contribution is -0.148. The van der Waals surface area contributed by atoms with Crippen LogP contribution in [0, 0.1) is 11.8 Å². The highest BCUT2D eigenvalue weighted by molar-refractivity contribution is 7.99. The van der Waals surface area contributed by atoms with E-state index in [1.807, 2.05) is 11.8 Å². The van der Waals surface area contributed by atoms with Gasteiger partial charge in [0.1, 0.15) is 5.70 Å². The quantitative estimate of drug-likeness (QED) is 0.726. The molecule has 3 unspecified atom stereocenters. The van der Waals surface area contributed by atoms with Gasteiger partial charge in [0.25, 0.3) is 0 Å². The van der Waals surface area contributed by atoms with Crippen LogP contribution in [0.25, 0.3) is 0 Å². The Bertz CT molecular complexity index is 840. The Hall–Kier alpha value is -1.79. The highest BCUT2D eigenvalue weighted by atomic mass is 32.2. The molecule has 5 rings (SSSR count). The second kappa shape index (κ2) is 7.80. The number of carboxylic acid groups (broad SMARTS) is 1. The fourth-order valence-electron chi connectivity index (χ4n) is 5.73. The van der Waals surface area contributed by atoms with Gasteiger partial charge < -0.3 is 10.0 Å². The smallest absolute Gasteiger partial charge is 0.352 e. The Kier molecular flexibility index (Phi) is 5.16. The van der Waals surface area contributed by atoms with Gasteiger partial charge in [0.2, 0.25) is 5.91 Å². The Balaban J connectivity index is 1.22. The van der Waals surface area contributed by atoms with Gasteiger partial charge in [-0.05, 0) is 42.9 Å². The molecule has 4 atom stereocenters. The van der Waals surface area contributed by atoms with Crippen molar-refractivity contribution in [3.63, 3.8) is 0 Å². The van der Waals surface area contributed by atoms with Crippen LogP contribution in [0.5, 0.6) is 0 Å². The molecule has 1 aromatic rings. The van der Waals surface area contributed by atoms with Gasteiger partial charge in [-0.3, -0.25) is 9.69 Å². The zero-order valence-corrected chi connectivity index (χ0v) is 17.4. The molecule has 3 fully saturated rings. The van der Waals surface area contributed by atoms with Crippen molar-refractivity contribution >= 4 is 23.6 Å². The van der Waals surface area contributed by atoms with Crippen molar-refractivity contribution in [2.75, 3.05) is 18.8 Å². The number of hydrogen-bond donors (Lipinski definition) is 1. The van der Waals surface area contributed by atoms with E-state index in [9.17, 15) is 14.7 Å². The third kappa shape index (κ3) is 3.50. The fourth-order valence-corrected chi connectivity index (χ4v) is 7.17. The number of fused-ring (bicyclic) bond motifs is 3. The van der Waals surface area contributed by atoms with E-state index < -0.39 is 5.97 Å². The summed E-state index contributed by atoms with van der Waals surface area (Å²) in [6, 6.07) is 10.8. The van der Waals surface area contributed by atoms with E-state index in [2.05, 4.69) is 35.2 Å². The standard InChI is InChI=1S/C23H28N2O3S/c26-20-11-19-18-8-4-7-16(21(18)22(23(27)28)25(19)20)14-29-17-9-10-24(13-17)12-15-5-2-1-3-6-15/h1-3,5-6,16-19H,4,7-14H2,(H,27,28)/t16?,17-,18?,19?/m0/s1. The highest BCUT2D eigenvalue weighted by Gasteiger charge is 2.55. The average molecular weight is 413 g/mol. The predicted octanol–water partition coefficient (Wildman–Crippen LogP) is 3.36. The molecule has 0 radical (unpaired) electrons. The number of carbonyl (C=O) groups excluding carboxylic acids is 1. The number of aliphatic carboxylic acids is 1. The number of β-lactam (4-membered cyclic amide) rings is 1. The molecule has 4 aliphatic rings. The molecule has 1 saturated carbocycles. The summed E-state index contributed by atoms with van der Waals surface area (Å²) in [6.07, 6.45) is 4.98. The minimum atomic E-state index is -0.910. The summed E-state index contributed by atoms with van der Waals surface area (Å²) in [5, 5.41) is 10.4. The van der Waals surface area contributed by atoms with Crippen molar-refractivity contribution in [1.82, 2.24) is 9.80 Å². The minimum absolute atomic E-state index is 0.00644. The molecule has 6 heteroatoms. The molecule has 1 aliphatic carbocycles. The first kappa shape index (κ1) is 19.2. The highest BCUT2D eigenvalue weighted by Crippen LogP contribution is 2.51. The molecule has 1 amide bonds. The summed E-state index contributed by atoms with van der Waals surface area (Å²) >= 11 is 2.02. The lowest BCUT2D eigenvalue weighted by Gasteiger charge is -2.39. The maximum absolute atomic E-state index is 12.0. The number of carbonyl (C=O) groups is 2. The van der Waals surface area contributed by atoms with E-state index in [4.69, 9.17) is 0 Å². The first-order valence-corrected chi connectivity index (χ1v) is 11.8. The largest absolute Gasteiger partial charge is 0.477 e. The Morgan fingerprint density at radius 1 is 1.17 bits per heavy atom. The molecule has 29 heavy (non-hydrogen) atoms. The molecule has 0 spiro atoms. The molecule has 2 saturated heterocycles. The van der Waals surface area contributed by atoms with Gasteiger partial charge in [0, 0.05) is 36.4 Å². The van der Waals surface area contributed by atoms with Crippen LogP contribution in [-0.4, -0.2) is 56.9 Å². The molecule has 3 aliphatic heterocycles. The third-order valence-electron chi connectivity index (χ3n) is 7.08. The van der Waals surface area contributed by atoms with Crippen molar-refractivity contribution in [2.24, 2.45) is 11.8 Å². The molecule has 1 N–H and O–H groups in total. The third-order valence-corrected chi connectivity index (χ3v) is 8.53. The molecular weight excluding hydrogens is 384 g/mol. The Morgan fingerprint density at radius 2 is 2.00 bits per heavy atom. The van der Waals surface area contributed by atoms with Crippen molar-refractivity contribution in [2.45, 2.75) is 49.9 Å². The predicted molar refractivity (Wildman–Crippen MR) is 113 cm³/mol. The van der Waals surface area contributed by atoms with E-state index in [0.717, 1.165) is 50.2 Å². The van der Waals surface area contributed by atoms with Crippen molar-refractivity contribution in [3.05, 3.63) is 47.2 Å². The normalized spacial score (nSPS) is 31.6. The monoisotopic (exact) mass is 412 g/mol. The summed E-state index contributed by atoms with van der Waals surface area (Å²) in [7, 11) is 0. The van der Waals surface area contributed by atoms with Gasteiger partial charge in [-0.15, -0.1) is 0 Å². The van der Waals surface area contributed by atoms with Crippen molar-refractivity contribution in [1.29, 1.82) is 0 Å². The minimum Gasteiger partial charge on any atom is -0.477 e. The lowest BCUT2D eigenvalue weighted by Crippen LogP contribution is -2.52. The van der Waals surface area contributed by atoms with E-state index >= 15 is 0 Å². The molecule has 1 aromatic carbocycles. The van der Waals surface area contributed by atoms with Crippen LogP contribution in [0.4, 0.5) is 0 Å². The number of carboxylic acids is 1. The van der Waals surface area contributed by atoms with Crippen molar-refractivity contribution < 1.29 is 14.7 Å². The van der Waals surface area contributed by atoms with Crippen LogP contribution in [-0.2, 0) is 16.1 Å². The number of likely N-dealkylation sites (tertiary alicyclic amines) is 1. The molecular formula is C23H28N2O3S. The number of nitrogens with zero attached hydrogens (tertiary/aromatic N) is 2. The first-order chi connectivity index (χ1) is 14.1. The van der Waals surface area contributed by atoms with Gasteiger partial charge in [-0.25, -0.2) is 4.79 Å². The van der Waals surface area contributed by atoms with E-state index in [-0.39, 0.29) is 17.9 Å². The van der Waals surface area contributed by atoms with Crippen LogP contribution < -0.4 is 0 Å². The summed E-state index contributed by atoms with van der Waals surface area (Å²) in [5.74, 6) is 0.671. The van der Waals surface area contributed by atoms with Crippen LogP contribution in [0.2, 0.25) is 0 Å². The van der Waals surface area contributed by atoms with Gasteiger partial charge >= 0.3 is 5.97 Å². The van der Waals surface area contributed by atoms with Crippen LogP contribution in [0.3, 0.4) is 0 Å². The SMILES string of the molecule is O=C(O)C1=C2C(CS[C@H]3CCN(Cc4ccccc4)C3)CCCC2C2CC(=O)N12. The van der Waals surface area contributed by atoms with Gasteiger partial charge in [-0.2, -0.15) is 11.8 Å². The van der Waals surface area contributed by atoms with Gasteiger partial charge in [-0.1, -0.05) is 36.8 Å². The first-order valence-electron chi connectivity index (χ1n) is 10.8. The number of amides is 1. The van der Waals surface area contributed by atoms with E-state index in [0.29, 0.717) is 23.3 Å². The molecule has 0 aromatic heterocycles. The number of rotatable bonds is 6. The molecule has 154 valence electrons. The summed E-state index contributed by atoms with van der Waals surface area (Å²) in [6.45, 7) is 3.25. The fraction of sp³-hybridized carbons (Fsp3) is 0.565. The van der Waals surface area contributed by atoms with Crippen molar-refractivity contribution in [3.8, 4) is 0 Å². The topological polar surface area (TPSA) is 60.9 Å². The maximum Gasteiger partial charge on any atom is 0.352 e. The zero-order valence-electron chi connectivity index (χ0n) is 16.6. The molecule has 0 bridgehead atoms. The second-order valence-corrected chi connectivity index (χ2v) is 10.2. The lowest BCUT2D eigenvalue weighted by atomic mass is 9.74. The number of hydrogen-bond acceptors (Lipinski definition) is 4. The second-order valence-electron chi connectivity index (χ2n) is 8.84. The Morgan fingerprint density at radius 3 is 2.76 bits per heavy atom. The number of thioether (sulfide) groups is 1. The zero-order chi connectivity index (χ0) is 20.0. The Labute approximate surface area is 176 Å². The van der Waals surface area contributed by atoms with Crippen LogP contribution in [0.1, 0.15) is 37.7 Å². The van der Waals surface area contributed by atoms with Crippen LogP contribution >= 0.6 is 11.8 Å². The molecule has 3 heterocycles. The van der Waals surface area contributed by atoms with Gasteiger partial charge in [0.15, 0.2) is 0 Å². The summed E-state index contributed by atoms with van der Waals surface area (Å²) in [4.78, 5) is 28.1. The average Bonchev–Trinajstić information content (AvgIpc) is 3.27. The number of benzene rings is 1. The molecule has 5 nitrogen and oxygen atoms in total. The maximum atomic E-state index is 12.0. The van der Waals surface area contributed by atoms with E-state index in [1.54, 1.807) is 4.90 Å². The summed E-state index contributed by atoms with van der Waals surface area (Å²) < 4.78 is 0.